The minimum absolute atomic E-state index is 0.111. The highest BCUT2D eigenvalue weighted by Crippen LogP contribution is 2.20. The van der Waals surface area contributed by atoms with Gasteiger partial charge in [0.05, 0.1) is 6.10 Å². The summed E-state index contributed by atoms with van der Waals surface area (Å²) in [6.07, 6.45) is 2.36. The van der Waals surface area contributed by atoms with Gasteiger partial charge >= 0.3 is 0 Å². The first-order chi connectivity index (χ1) is 9.06. The smallest absolute Gasteiger partial charge is 0.253 e. The van der Waals surface area contributed by atoms with E-state index >= 15 is 0 Å². The number of hydrogen-bond acceptors (Lipinski definition) is 2. The van der Waals surface area contributed by atoms with Crippen molar-refractivity contribution < 1.29 is 9.53 Å². The number of likely N-dealkylation sites (tertiary alicyclic amines) is 1. The van der Waals surface area contributed by atoms with Crippen molar-refractivity contribution in [3.63, 3.8) is 0 Å². The maximum Gasteiger partial charge on any atom is 0.253 e. The van der Waals surface area contributed by atoms with Crippen LogP contribution in [0.1, 0.15) is 37.0 Å². The van der Waals surface area contributed by atoms with Crippen LogP contribution in [0.25, 0.3) is 0 Å². The Kier molecular flexibility index (Phi) is 4.86. The van der Waals surface area contributed by atoms with Crippen molar-refractivity contribution in [2.45, 2.75) is 37.6 Å². The van der Waals surface area contributed by atoms with E-state index in [1.807, 2.05) is 43.0 Å². The van der Waals surface area contributed by atoms with Gasteiger partial charge in [0.2, 0.25) is 0 Å². The van der Waals surface area contributed by atoms with Crippen LogP contribution in [0.3, 0.4) is 0 Å². The summed E-state index contributed by atoms with van der Waals surface area (Å²) >= 11 is 3.59. The van der Waals surface area contributed by atoms with E-state index in [4.69, 9.17) is 4.74 Å². The molecule has 0 aliphatic carbocycles. The van der Waals surface area contributed by atoms with E-state index < -0.39 is 0 Å². The molecule has 19 heavy (non-hydrogen) atoms. The minimum atomic E-state index is 0.111. The van der Waals surface area contributed by atoms with E-state index in [9.17, 15) is 4.79 Å². The molecule has 1 atom stereocenters. The highest BCUT2D eigenvalue weighted by atomic mass is 79.9. The van der Waals surface area contributed by atoms with Crippen LogP contribution in [0.4, 0.5) is 0 Å². The van der Waals surface area contributed by atoms with Gasteiger partial charge in [-0.2, -0.15) is 0 Å². The maximum atomic E-state index is 12.3. The number of nitrogens with zero attached hydrogens (tertiary/aromatic N) is 1. The number of carbonyl (C=O) groups excluding carboxylic acids is 1. The van der Waals surface area contributed by atoms with Crippen LogP contribution in [0.2, 0.25) is 0 Å². The van der Waals surface area contributed by atoms with E-state index in [-0.39, 0.29) is 12.0 Å². The highest BCUT2D eigenvalue weighted by molar-refractivity contribution is 9.09. The SMILES string of the molecule is CC(C)Oc1ccc(C(=O)N2CCCC(Br)C2)cc1. The number of benzene rings is 1. The number of piperidine rings is 1. The van der Waals surface area contributed by atoms with Crippen molar-refractivity contribution in [1.29, 1.82) is 0 Å². The summed E-state index contributed by atoms with van der Waals surface area (Å²) in [5, 5.41) is 0. The third-order valence-electron chi connectivity index (χ3n) is 3.12. The second-order valence-electron chi connectivity index (χ2n) is 5.18. The zero-order valence-corrected chi connectivity index (χ0v) is 13.0. The fraction of sp³-hybridized carbons (Fsp3) is 0.533. The maximum absolute atomic E-state index is 12.3. The summed E-state index contributed by atoms with van der Waals surface area (Å²) in [5.74, 6) is 0.920. The van der Waals surface area contributed by atoms with Crippen molar-refractivity contribution in [3.05, 3.63) is 29.8 Å². The molecule has 0 saturated carbocycles. The lowest BCUT2D eigenvalue weighted by Gasteiger charge is -2.30. The molecule has 104 valence electrons. The minimum Gasteiger partial charge on any atom is -0.491 e. The fourth-order valence-electron chi connectivity index (χ4n) is 2.24. The molecule has 1 aliphatic rings. The lowest BCUT2D eigenvalue weighted by Crippen LogP contribution is -2.40. The number of halogens is 1. The lowest BCUT2D eigenvalue weighted by atomic mass is 10.1. The second-order valence-corrected chi connectivity index (χ2v) is 6.48. The van der Waals surface area contributed by atoms with Gasteiger partial charge in [-0.05, 0) is 51.0 Å². The molecule has 1 aromatic carbocycles. The average Bonchev–Trinajstić information content (AvgIpc) is 2.38. The normalized spacial score (nSPS) is 19.6. The lowest BCUT2D eigenvalue weighted by molar-refractivity contribution is 0.0730. The van der Waals surface area contributed by atoms with E-state index in [1.165, 1.54) is 0 Å². The fourth-order valence-corrected chi connectivity index (χ4v) is 2.91. The van der Waals surface area contributed by atoms with Gasteiger partial charge in [-0.3, -0.25) is 4.79 Å². The predicted molar refractivity (Wildman–Crippen MR) is 80.1 cm³/mol. The molecule has 0 N–H and O–H groups in total. The van der Waals surface area contributed by atoms with Crippen LogP contribution in [0.5, 0.6) is 5.75 Å². The Balaban J connectivity index is 2.02. The molecule has 1 fully saturated rings. The number of carbonyl (C=O) groups is 1. The zero-order chi connectivity index (χ0) is 13.8. The van der Waals surface area contributed by atoms with Crippen molar-refractivity contribution in [1.82, 2.24) is 4.90 Å². The molecule has 1 unspecified atom stereocenters. The van der Waals surface area contributed by atoms with Gasteiger partial charge in [0.1, 0.15) is 5.75 Å². The van der Waals surface area contributed by atoms with Gasteiger partial charge < -0.3 is 9.64 Å². The summed E-state index contributed by atoms with van der Waals surface area (Å²) in [7, 11) is 0. The zero-order valence-electron chi connectivity index (χ0n) is 11.4. The topological polar surface area (TPSA) is 29.5 Å². The summed E-state index contributed by atoms with van der Waals surface area (Å²) in [5.41, 5.74) is 0.734. The molecule has 2 rings (SSSR count). The highest BCUT2D eigenvalue weighted by Gasteiger charge is 2.22. The quantitative estimate of drug-likeness (QED) is 0.796. The molecule has 4 heteroatoms. The first kappa shape index (κ1) is 14.4. The van der Waals surface area contributed by atoms with Crippen LogP contribution < -0.4 is 4.74 Å². The molecule has 3 nitrogen and oxygen atoms in total. The predicted octanol–water partition coefficient (Wildman–Crippen LogP) is 3.47. The molecular weight excluding hydrogens is 306 g/mol. The number of amides is 1. The monoisotopic (exact) mass is 325 g/mol. The number of rotatable bonds is 3. The largest absolute Gasteiger partial charge is 0.491 e. The van der Waals surface area contributed by atoms with Crippen LogP contribution >= 0.6 is 15.9 Å². The first-order valence-electron chi connectivity index (χ1n) is 6.76. The Morgan fingerprint density at radius 1 is 1.37 bits per heavy atom. The van der Waals surface area contributed by atoms with Crippen LogP contribution in [-0.4, -0.2) is 34.8 Å². The summed E-state index contributed by atoms with van der Waals surface area (Å²) < 4.78 is 5.58. The van der Waals surface area contributed by atoms with Gasteiger partial charge in [0.25, 0.3) is 5.91 Å². The van der Waals surface area contributed by atoms with Gasteiger partial charge in [0, 0.05) is 23.5 Å². The van der Waals surface area contributed by atoms with Crippen LogP contribution in [0.15, 0.2) is 24.3 Å². The van der Waals surface area contributed by atoms with Crippen molar-refractivity contribution in [3.8, 4) is 5.75 Å². The van der Waals surface area contributed by atoms with Gasteiger partial charge in [-0.1, -0.05) is 15.9 Å². The Bertz CT molecular complexity index is 430. The third kappa shape index (κ3) is 3.96. The molecule has 0 aromatic heterocycles. The Morgan fingerprint density at radius 3 is 2.63 bits per heavy atom. The van der Waals surface area contributed by atoms with Crippen molar-refractivity contribution in [2.24, 2.45) is 0 Å². The number of ether oxygens (including phenoxy) is 1. The van der Waals surface area contributed by atoms with Crippen molar-refractivity contribution in [2.75, 3.05) is 13.1 Å². The van der Waals surface area contributed by atoms with Crippen LogP contribution in [-0.2, 0) is 0 Å². The Hall–Kier alpha value is -1.03. The standard InChI is InChI=1S/C15H20BrNO2/c1-11(2)19-14-7-5-12(6-8-14)15(18)17-9-3-4-13(16)10-17/h5-8,11,13H,3-4,9-10H2,1-2H3. The van der Waals surface area contributed by atoms with E-state index in [0.29, 0.717) is 4.83 Å². The van der Waals surface area contributed by atoms with Crippen LogP contribution in [0, 0.1) is 0 Å². The van der Waals surface area contributed by atoms with Gasteiger partial charge in [0.15, 0.2) is 0 Å². The van der Waals surface area contributed by atoms with E-state index in [0.717, 1.165) is 37.2 Å². The second kappa shape index (κ2) is 6.42. The third-order valence-corrected chi connectivity index (χ3v) is 3.87. The number of alkyl halides is 1. The van der Waals surface area contributed by atoms with E-state index in [1.54, 1.807) is 0 Å². The molecule has 0 radical (unpaired) electrons. The molecular formula is C15H20BrNO2. The molecule has 0 bridgehead atoms. The van der Waals surface area contributed by atoms with E-state index in [2.05, 4.69) is 15.9 Å². The van der Waals surface area contributed by atoms with Crippen molar-refractivity contribution >= 4 is 21.8 Å². The molecule has 1 amide bonds. The summed E-state index contributed by atoms with van der Waals surface area (Å²) in [6.45, 7) is 5.63. The molecule has 0 spiro atoms. The molecule has 1 saturated heterocycles. The molecule has 1 aliphatic heterocycles. The summed E-state index contributed by atoms with van der Waals surface area (Å²) in [4.78, 5) is 14.7. The van der Waals surface area contributed by atoms with Gasteiger partial charge in [-0.25, -0.2) is 0 Å². The molecule has 1 aromatic rings. The van der Waals surface area contributed by atoms with Gasteiger partial charge in [-0.15, -0.1) is 0 Å². The summed E-state index contributed by atoms with van der Waals surface area (Å²) in [6, 6.07) is 7.42. The first-order valence-corrected chi connectivity index (χ1v) is 7.68. The number of hydrogen-bond donors (Lipinski definition) is 0. The Morgan fingerprint density at radius 2 is 2.05 bits per heavy atom. The Labute approximate surface area is 123 Å². The average molecular weight is 326 g/mol. The molecule has 1 heterocycles.